The molecule has 0 unspecified atom stereocenters. The molecule has 2 nitrogen and oxygen atoms in total. The van der Waals surface area contributed by atoms with Gasteiger partial charge < -0.3 is 5.11 Å². The maximum Gasteiger partial charge on any atom is 0.128 e. The second kappa shape index (κ2) is 7.37. The Morgan fingerprint density at radius 2 is 1.69 bits per heavy atom. The molecule has 0 atom stereocenters. The fourth-order valence-corrected chi connectivity index (χ4v) is 6.54. The van der Waals surface area contributed by atoms with E-state index in [0.29, 0.717) is 5.75 Å². The lowest BCUT2D eigenvalue weighted by atomic mass is 9.48. The van der Waals surface area contributed by atoms with Crippen LogP contribution >= 0.6 is 0 Å². The average Bonchev–Trinajstić information content (AvgIpc) is 2.59. The van der Waals surface area contributed by atoms with Crippen molar-refractivity contribution in [1.82, 2.24) is 0 Å². The molecular weight excluding hydrogens is 318 g/mol. The van der Waals surface area contributed by atoms with Crippen LogP contribution in [0.4, 0.5) is 0 Å². The molecule has 1 N–H and O–H groups in total. The fourth-order valence-electron chi connectivity index (χ4n) is 6.54. The number of aromatic hydroxyl groups is 1. The van der Waals surface area contributed by atoms with E-state index in [9.17, 15) is 5.11 Å². The third-order valence-corrected chi connectivity index (χ3v) is 7.26. The van der Waals surface area contributed by atoms with Crippen LogP contribution in [0.5, 0.6) is 5.75 Å². The smallest absolute Gasteiger partial charge is 0.128 e. The Morgan fingerprint density at radius 1 is 1.04 bits per heavy atom. The van der Waals surface area contributed by atoms with Gasteiger partial charge in [-0.2, -0.15) is 0 Å². The third kappa shape index (κ3) is 3.44. The van der Waals surface area contributed by atoms with Crippen molar-refractivity contribution in [3.8, 4) is 5.75 Å². The molecule has 26 heavy (non-hydrogen) atoms. The van der Waals surface area contributed by atoms with Crippen LogP contribution in [0.25, 0.3) is 0 Å². The Balaban J connectivity index is 1.56. The van der Waals surface area contributed by atoms with E-state index in [1.54, 1.807) is 0 Å². The molecule has 0 heterocycles. The molecule has 4 saturated carbocycles. The number of rotatable bonds is 7. The van der Waals surface area contributed by atoms with Crippen LogP contribution in [0.3, 0.4) is 0 Å². The Bertz CT molecular complexity index is 640. The number of phenols is 1. The lowest BCUT2D eigenvalue weighted by molar-refractivity contribution is -0.00616. The van der Waals surface area contributed by atoms with Crippen molar-refractivity contribution < 1.29 is 5.11 Å². The first kappa shape index (κ1) is 18.1. The van der Waals surface area contributed by atoms with Crippen molar-refractivity contribution in [2.75, 3.05) is 6.54 Å². The predicted molar refractivity (Wildman–Crippen MR) is 109 cm³/mol. The Kier molecular flexibility index (Phi) is 5.12. The van der Waals surface area contributed by atoms with E-state index in [0.717, 1.165) is 36.3 Å². The zero-order valence-electron chi connectivity index (χ0n) is 16.6. The summed E-state index contributed by atoms with van der Waals surface area (Å²) >= 11 is 0. The van der Waals surface area contributed by atoms with E-state index >= 15 is 0 Å². The maximum atomic E-state index is 11.1. The van der Waals surface area contributed by atoms with Crippen LogP contribution in [0.2, 0.25) is 0 Å². The second-order valence-corrected chi connectivity index (χ2v) is 9.54. The summed E-state index contributed by atoms with van der Waals surface area (Å²) in [6, 6.07) is 4.38. The van der Waals surface area contributed by atoms with Gasteiger partial charge in [-0.15, -0.1) is 0 Å². The lowest BCUT2D eigenvalue weighted by Gasteiger charge is -2.57. The summed E-state index contributed by atoms with van der Waals surface area (Å²) in [6.07, 6.45) is 15.1. The first-order valence-electron chi connectivity index (χ1n) is 10.9. The zero-order chi connectivity index (χ0) is 18.1. The largest absolute Gasteiger partial charge is 0.507 e. The monoisotopic (exact) mass is 353 g/mol. The number of unbranched alkanes of at least 4 members (excludes halogenated alkanes) is 3. The first-order valence-corrected chi connectivity index (χ1v) is 10.9. The van der Waals surface area contributed by atoms with Gasteiger partial charge in [-0.05, 0) is 86.7 Å². The van der Waals surface area contributed by atoms with Gasteiger partial charge in [-0.3, -0.25) is 4.99 Å². The quantitative estimate of drug-likeness (QED) is 0.461. The minimum absolute atomic E-state index is 0.245. The van der Waals surface area contributed by atoms with Gasteiger partial charge in [-0.1, -0.05) is 32.3 Å². The molecule has 2 heteroatoms. The topological polar surface area (TPSA) is 32.6 Å². The van der Waals surface area contributed by atoms with Gasteiger partial charge in [0.15, 0.2) is 0 Å². The first-order chi connectivity index (χ1) is 12.6. The highest BCUT2D eigenvalue weighted by molar-refractivity contribution is 5.84. The summed E-state index contributed by atoms with van der Waals surface area (Å²) in [5, 5.41) is 11.1. The highest BCUT2D eigenvalue weighted by Gasteiger charge is 2.52. The van der Waals surface area contributed by atoms with Crippen LogP contribution in [0, 0.1) is 24.7 Å². The molecule has 4 aliphatic carbocycles. The highest BCUT2D eigenvalue weighted by Crippen LogP contribution is 2.62. The number of hydrogen-bond acceptors (Lipinski definition) is 2. The molecule has 0 amide bonds. The normalized spacial score (nSPS) is 32.6. The van der Waals surface area contributed by atoms with E-state index in [4.69, 9.17) is 0 Å². The number of hydrogen-bond donors (Lipinski definition) is 1. The molecule has 0 radical (unpaired) electrons. The highest BCUT2D eigenvalue weighted by atomic mass is 16.3. The Morgan fingerprint density at radius 3 is 2.31 bits per heavy atom. The zero-order valence-corrected chi connectivity index (χ0v) is 16.6. The SMILES string of the molecule is CCCCCCN=Cc1cc(C)cc(C23CC4CC(CC(C4)C2)C3)c1O. The van der Waals surface area contributed by atoms with Gasteiger partial charge in [0.25, 0.3) is 0 Å². The van der Waals surface area contributed by atoms with Crippen molar-refractivity contribution in [2.45, 2.75) is 83.5 Å². The molecule has 4 aliphatic rings. The van der Waals surface area contributed by atoms with E-state index in [-0.39, 0.29) is 5.41 Å². The minimum atomic E-state index is 0.245. The van der Waals surface area contributed by atoms with Crippen LogP contribution in [-0.2, 0) is 5.41 Å². The molecule has 4 bridgehead atoms. The molecule has 0 saturated heterocycles. The standard InChI is InChI=1S/C24H35NO/c1-3-4-5-6-7-25-16-21-8-17(2)9-22(23(21)26)24-13-18-10-19(14-24)12-20(11-18)15-24/h8-9,16,18-20,26H,3-7,10-15H2,1-2H3. The molecule has 5 rings (SSSR count). The molecule has 0 aliphatic heterocycles. The summed E-state index contributed by atoms with van der Waals surface area (Å²) in [5.74, 6) is 3.22. The van der Waals surface area contributed by atoms with Crippen molar-refractivity contribution >= 4 is 6.21 Å². The fraction of sp³-hybridized carbons (Fsp3) is 0.708. The van der Waals surface area contributed by atoms with E-state index in [1.807, 2.05) is 6.21 Å². The van der Waals surface area contributed by atoms with Crippen molar-refractivity contribution in [3.63, 3.8) is 0 Å². The van der Waals surface area contributed by atoms with Gasteiger partial charge in [0.05, 0.1) is 0 Å². The number of aryl methyl sites for hydroxylation is 1. The number of aliphatic imine (C=N–C) groups is 1. The molecule has 0 spiro atoms. The molecule has 0 aromatic heterocycles. The van der Waals surface area contributed by atoms with Crippen molar-refractivity contribution in [1.29, 1.82) is 0 Å². The van der Waals surface area contributed by atoms with Gasteiger partial charge in [0, 0.05) is 23.9 Å². The Hall–Kier alpha value is -1.31. The van der Waals surface area contributed by atoms with E-state index in [1.165, 1.54) is 68.9 Å². The second-order valence-electron chi connectivity index (χ2n) is 9.54. The number of benzene rings is 1. The average molecular weight is 354 g/mol. The minimum Gasteiger partial charge on any atom is -0.507 e. The van der Waals surface area contributed by atoms with Gasteiger partial charge in [0.2, 0.25) is 0 Å². The van der Waals surface area contributed by atoms with Gasteiger partial charge in [0.1, 0.15) is 5.75 Å². The summed E-state index contributed by atoms with van der Waals surface area (Å²) in [4.78, 5) is 4.62. The van der Waals surface area contributed by atoms with Crippen LogP contribution < -0.4 is 0 Å². The van der Waals surface area contributed by atoms with Crippen molar-refractivity contribution in [2.24, 2.45) is 22.7 Å². The summed E-state index contributed by atoms with van der Waals surface area (Å²) in [5.41, 5.74) is 3.69. The van der Waals surface area contributed by atoms with E-state index < -0.39 is 0 Å². The molecular formula is C24H35NO. The van der Waals surface area contributed by atoms with Crippen LogP contribution in [0.15, 0.2) is 17.1 Å². The maximum absolute atomic E-state index is 11.1. The molecule has 1 aromatic carbocycles. The lowest BCUT2D eigenvalue weighted by Crippen LogP contribution is -2.48. The number of nitrogens with zero attached hydrogens (tertiary/aromatic N) is 1. The molecule has 1 aromatic rings. The molecule has 142 valence electrons. The third-order valence-electron chi connectivity index (χ3n) is 7.26. The van der Waals surface area contributed by atoms with Crippen molar-refractivity contribution in [3.05, 3.63) is 28.8 Å². The van der Waals surface area contributed by atoms with Gasteiger partial charge >= 0.3 is 0 Å². The summed E-state index contributed by atoms with van der Waals surface area (Å²) < 4.78 is 0. The van der Waals surface area contributed by atoms with E-state index in [2.05, 4.69) is 31.0 Å². The van der Waals surface area contributed by atoms with Crippen LogP contribution in [0.1, 0.15) is 87.8 Å². The van der Waals surface area contributed by atoms with Crippen LogP contribution in [-0.4, -0.2) is 17.9 Å². The molecule has 4 fully saturated rings. The summed E-state index contributed by atoms with van der Waals surface area (Å²) in [6.45, 7) is 5.28. The summed E-state index contributed by atoms with van der Waals surface area (Å²) in [7, 11) is 0. The number of phenolic OH excluding ortho intramolecular Hbond substituents is 1. The van der Waals surface area contributed by atoms with Gasteiger partial charge in [-0.25, -0.2) is 0 Å². The predicted octanol–water partition coefficient (Wildman–Crippen LogP) is 6.17. The Labute approximate surface area is 159 Å².